The van der Waals surface area contributed by atoms with Crippen LogP contribution in [-0.2, 0) is 6.54 Å². The first-order chi connectivity index (χ1) is 8.83. The lowest BCUT2D eigenvalue weighted by atomic mass is 10.1. The molecule has 1 aliphatic rings. The molecular weight excluding hydrogens is 220 g/mol. The minimum absolute atomic E-state index is 0.721. The molecule has 2 rings (SSSR count). The normalized spacial score (nSPS) is 21.2. The van der Waals surface area contributed by atoms with Crippen molar-refractivity contribution in [3.8, 4) is 6.07 Å². The summed E-state index contributed by atoms with van der Waals surface area (Å²) in [4.78, 5) is 2.60. The third-order valence-electron chi connectivity index (χ3n) is 3.91. The highest BCUT2D eigenvalue weighted by Gasteiger charge is 2.19. The first kappa shape index (κ1) is 13.1. The number of nitrogens with zero attached hydrogens (tertiary/aromatic N) is 2. The summed E-state index contributed by atoms with van der Waals surface area (Å²) in [6, 6.07) is 11.0. The fourth-order valence-corrected chi connectivity index (χ4v) is 2.88. The summed E-state index contributed by atoms with van der Waals surface area (Å²) in [6.45, 7) is 4.48. The van der Waals surface area contributed by atoms with Gasteiger partial charge in [-0.25, -0.2) is 0 Å². The Bertz CT molecular complexity index is 419. The predicted molar refractivity (Wildman–Crippen MR) is 74.1 cm³/mol. The van der Waals surface area contributed by atoms with E-state index in [9.17, 15) is 0 Å². The van der Waals surface area contributed by atoms with Gasteiger partial charge in [0.25, 0.3) is 0 Å². The molecule has 0 amide bonds. The van der Waals surface area contributed by atoms with Crippen LogP contribution in [0.1, 0.15) is 50.2 Å². The van der Waals surface area contributed by atoms with Crippen molar-refractivity contribution < 1.29 is 0 Å². The number of hydrogen-bond acceptors (Lipinski definition) is 2. The Morgan fingerprint density at radius 2 is 2.22 bits per heavy atom. The summed E-state index contributed by atoms with van der Waals surface area (Å²) in [7, 11) is 0. The summed E-state index contributed by atoms with van der Waals surface area (Å²) < 4.78 is 0. The fourth-order valence-electron chi connectivity index (χ4n) is 2.88. The van der Waals surface area contributed by atoms with Crippen molar-refractivity contribution in [1.29, 1.82) is 5.26 Å². The maximum absolute atomic E-state index is 8.95. The molecule has 18 heavy (non-hydrogen) atoms. The Labute approximate surface area is 110 Å². The molecule has 0 aromatic heterocycles. The number of rotatable bonds is 3. The Morgan fingerprint density at radius 3 is 3.00 bits per heavy atom. The molecule has 0 N–H and O–H groups in total. The molecule has 2 nitrogen and oxygen atoms in total. The van der Waals surface area contributed by atoms with Crippen LogP contribution in [0, 0.1) is 11.3 Å². The monoisotopic (exact) mass is 242 g/mol. The van der Waals surface area contributed by atoms with Crippen LogP contribution in [0.5, 0.6) is 0 Å². The van der Waals surface area contributed by atoms with Gasteiger partial charge >= 0.3 is 0 Å². The summed E-state index contributed by atoms with van der Waals surface area (Å²) in [6.07, 6.45) is 6.61. The van der Waals surface area contributed by atoms with Gasteiger partial charge in [-0.15, -0.1) is 0 Å². The largest absolute Gasteiger partial charge is 0.296 e. The van der Waals surface area contributed by atoms with E-state index < -0.39 is 0 Å². The molecule has 0 aliphatic carbocycles. The van der Waals surface area contributed by atoms with E-state index in [1.165, 1.54) is 44.2 Å². The lowest BCUT2D eigenvalue weighted by molar-refractivity contribution is 0.186. The van der Waals surface area contributed by atoms with Gasteiger partial charge in [-0.05, 0) is 43.5 Å². The molecule has 0 bridgehead atoms. The lowest BCUT2D eigenvalue weighted by Gasteiger charge is -2.29. The van der Waals surface area contributed by atoms with Gasteiger partial charge in [-0.2, -0.15) is 5.26 Å². The third kappa shape index (κ3) is 3.34. The summed E-state index contributed by atoms with van der Waals surface area (Å²) >= 11 is 0. The van der Waals surface area contributed by atoms with Gasteiger partial charge in [-0.3, -0.25) is 4.90 Å². The van der Waals surface area contributed by atoms with E-state index in [2.05, 4.69) is 24.0 Å². The van der Waals surface area contributed by atoms with E-state index in [4.69, 9.17) is 5.26 Å². The van der Waals surface area contributed by atoms with Gasteiger partial charge < -0.3 is 0 Å². The maximum atomic E-state index is 8.95. The predicted octanol–water partition coefficient (Wildman–Crippen LogP) is 3.71. The Kier molecular flexibility index (Phi) is 4.78. The van der Waals surface area contributed by atoms with Gasteiger partial charge in [-0.1, -0.05) is 31.9 Å². The topological polar surface area (TPSA) is 27.0 Å². The number of benzene rings is 1. The van der Waals surface area contributed by atoms with Crippen LogP contribution in [0.15, 0.2) is 24.3 Å². The Morgan fingerprint density at radius 1 is 1.33 bits per heavy atom. The zero-order valence-corrected chi connectivity index (χ0v) is 11.2. The lowest BCUT2D eigenvalue weighted by Crippen LogP contribution is -2.33. The highest BCUT2D eigenvalue weighted by molar-refractivity contribution is 5.32. The van der Waals surface area contributed by atoms with Crippen molar-refractivity contribution >= 4 is 0 Å². The van der Waals surface area contributed by atoms with E-state index >= 15 is 0 Å². The van der Waals surface area contributed by atoms with E-state index in [0.717, 1.165) is 18.2 Å². The zero-order chi connectivity index (χ0) is 12.8. The van der Waals surface area contributed by atoms with Crippen molar-refractivity contribution in [3.05, 3.63) is 35.4 Å². The van der Waals surface area contributed by atoms with Crippen LogP contribution in [0.4, 0.5) is 0 Å². The Balaban J connectivity index is 2.07. The van der Waals surface area contributed by atoms with Crippen molar-refractivity contribution in [1.82, 2.24) is 4.90 Å². The van der Waals surface area contributed by atoms with Gasteiger partial charge in [0.2, 0.25) is 0 Å². The molecule has 1 fully saturated rings. The molecule has 1 unspecified atom stereocenters. The maximum Gasteiger partial charge on any atom is 0.0991 e. The van der Waals surface area contributed by atoms with Crippen molar-refractivity contribution in [3.63, 3.8) is 0 Å². The molecular formula is C16H22N2. The first-order valence-corrected chi connectivity index (χ1v) is 7.06. The van der Waals surface area contributed by atoms with Crippen molar-refractivity contribution in [2.24, 2.45) is 0 Å². The summed E-state index contributed by atoms with van der Waals surface area (Å²) in [5.74, 6) is 0. The smallest absolute Gasteiger partial charge is 0.0991 e. The zero-order valence-electron chi connectivity index (χ0n) is 11.2. The second-order valence-corrected chi connectivity index (χ2v) is 5.19. The quantitative estimate of drug-likeness (QED) is 0.808. The summed E-state index contributed by atoms with van der Waals surface area (Å²) in [5.41, 5.74) is 2.05. The van der Waals surface area contributed by atoms with E-state index in [-0.39, 0.29) is 0 Å². The van der Waals surface area contributed by atoms with E-state index in [1.54, 1.807) is 0 Å². The second kappa shape index (κ2) is 6.56. The second-order valence-electron chi connectivity index (χ2n) is 5.19. The molecule has 1 saturated heterocycles. The van der Waals surface area contributed by atoms with Crippen molar-refractivity contribution in [2.75, 3.05) is 6.54 Å². The van der Waals surface area contributed by atoms with Crippen molar-refractivity contribution in [2.45, 2.75) is 51.6 Å². The highest BCUT2D eigenvalue weighted by atomic mass is 15.2. The Hall–Kier alpha value is -1.33. The highest BCUT2D eigenvalue weighted by Crippen LogP contribution is 2.21. The molecule has 96 valence electrons. The van der Waals surface area contributed by atoms with Crippen LogP contribution in [-0.4, -0.2) is 17.5 Å². The first-order valence-electron chi connectivity index (χ1n) is 7.06. The average Bonchev–Trinajstić information content (AvgIpc) is 2.64. The van der Waals surface area contributed by atoms with Crippen LogP contribution in [0.25, 0.3) is 0 Å². The molecule has 1 aliphatic heterocycles. The minimum atomic E-state index is 0.721. The average molecular weight is 242 g/mol. The van der Waals surface area contributed by atoms with Gasteiger partial charge in [0, 0.05) is 12.6 Å². The van der Waals surface area contributed by atoms with Gasteiger partial charge in [0.05, 0.1) is 11.6 Å². The number of likely N-dealkylation sites (tertiary alicyclic amines) is 1. The number of nitriles is 1. The fraction of sp³-hybridized carbons (Fsp3) is 0.562. The molecule has 1 aromatic rings. The standard InChI is InChI=1S/C16H22N2/c1-2-16-9-4-3-5-10-18(16)13-15-8-6-7-14(11-15)12-17/h6-8,11,16H,2-5,9-10,13H2,1H3. The van der Waals surface area contributed by atoms with Gasteiger partial charge in [0.15, 0.2) is 0 Å². The molecule has 0 radical (unpaired) electrons. The van der Waals surface area contributed by atoms with E-state index in [0.29, 0.717) is 0 Å². The van der Waals surface area contributed by atoms with Crippen LogP contribution < -0.4 is 0 Å². The molecule has 0 saturated carbocycles. The van der Waals surface area contributed by atoms with Crippen LogP contribution >= 0.6 is 0 Å². The van der Waals surface area contributed by atoms with Gasteiger partial charge in [0.1, 0.15) is 0 Å². The third-order valence-corrected chi connectivity index (χ3v) is 3.91. The molecule has 1 atom stereocenters. The number of hydrogen-bond donors (Lipinski definition) is 0. The van der Waals surface area contributed by atoms with Crippen LogP contribution in [0.3, 0.4) is 0 Å². The molecule has 1 aromatic carbocycles. The minimum Gasteiger partial charge on any atom is -0.296 e. The SMILES string of the molecule is CCC1CCCCCN1Cc1cccc(C#N)c1. The molecule has 2 heteroatoms. The molecule has 1 heterocycles. The van der Waals surface area contributed by atoms with Crippen LogP contribution in [0.2, 0.25) is 0 Å². The molecule has 0 spiro atoms. The van der Waals surface area contributed by atoms with E-state index in [1.807, 2.05) is 18.2 Å². The summed E-state index contributed by atoms with van der Waals surface area (Å²) in [5, 5.41) is 8.95.